The molecular formula is C17H18FN3O5. The summed E-state index contributed by atoms with van der Waals surface area (Å²) in [5, 5.41) is 22.5. The average molecular weight is 363 g/mol. The van der Waals surface area contributed by atoms with Gasteiger partial charge in [-0.1, -0.05) is 12.1 Å². The first-order chi connectivity index (χ1) is 12.4. The van der Waals surface area contributed by atoms with Crippen LogP contribution in [0.2, 0.25) is 0 Å². The number of nitrogens with zero attached hydrogens (tertiary/aromatic N) is 2. The molecule has 138 valence electrons. The Labute approximate surface area is 147 Å². The molecule has 26 heavy (non-hydrogen) atoms. The fraction of sp³-hybridized carbons (Fsp3) is 0.353. The molecule has 1 aromatic heterocycles. The van der Waals surface area contributed by atoms with Gasteiger partial charge in [-0.25, -0.2) is 9.37 Å². The number of ether oxygens (including phenoxy) is 1. The zero-order valence-electron chi connectivity index (χ0n) is 14.0. The van der Waals surface area contributed by atoms with Crippen LogP contribution in [-0.2, 0) is 18.3 Å². The van der Waals surface area contributed by atoms with E-state index in [0.717, 1.165) is 4.57 Å². The molecule has 2 unspecified atom stereocenters. The lowest BCUT2D eigenvalue weighted by Gasteiger charge is -2.17. The monoisotopic (exact) mass is 363 g/mol. The molecule has 3 N–H and O–H groups in total. The summed E-state index contributed by atoms with van der Waals surface area (Å²) in [6, 6.07) is 5.53. The maximum absolute atomic E-state index is 12.9. The van der Waals surface area contributed by atoms with E-state index >= 15 is 0 Å². The van der Waals surface area contributed by atoms with Gasteiger partial charge in [-0.05, 0) is 17.7 Å². The van der Waals surface area contributed by atoms with Crippen LogP contribution >= 0.6 is 0 Å². The van der Waals surface area contributed by atoms with Crippen molar-refractivity contribution in [1.29, 1.82) is 0 Å². The van der Waals surface area contributed by atoms with E-state index in [2.05, 4.69) is 10.3 Å². The van der Waals surface area contributed by atoms with Crippen LogP contribution in [0.4, 0.5) is 4.39 Å². The third-order valence-corrected chi connectivity index (χ3v) is 4.27. The second-order valence-corrected chi connectivity index (χ2v) is 6.05. The van der Waals surface area contributed by atoms with E-state index in [1.807, 2.05) is 0 Å². The highest BCUT2D eigenvalue weighted by Crippen LogP contribution is 2.24. The fourth-order valence-corrected chi connectivity index (χ4v) is 2.75. The molecule has 1 aliphatic rings. The minimum atomic E-state index is -0.854. The number of halogens is 1. The lowest BCUT2D eigenvalue weighted by atomic mass is 10.1. The van der Waals surface area contributed by atoms with Crippen LogP contribution in [0.5, 0.6) is 5.75 Å². The molecule has 2 aromatic rings. The lowest BCUT2D eigenvalue weighted by Crippen LogP contribution is -2.33. The molecule has 1 amide bonds. The Morgan fingerprint density at radius 2 is 2.08 bits per heavy atom. The van der Waals surface area contributed by atoms with E-state index in [9.17, 15) is 24.2 Å². The van der Waals surface area contributed by atoms with E-state index in [0.29, 0.717) is 5.56 Å². The van der Waals surface area contributed by atoms with Crippen LogP contribution in [0.3, 0.4) is 0 Å². The summed E-state index contributed by atoms with van der Waals surface area (Å²) < 4.78 is 19.2. The second kappa shape index (κ2) is 7.22. The van der Waals surface area contributed by atoms with Crippen LogP contribution < -0.4 is 10.9 Å². The zero-order chi connectivity index (χ0) is 18.8. The molecule has 2 heterocycles. The fourth-order valence-electron chi connectivity index (χ4n) is 2.75. The third kappa shape index (κ3) is 3.44. The van der Waals surface area contributed by atoms with Gasteiger partial charge in [0.25, 0.3) is 11.5 Å². The standard InChI is InChI=1S/C17H18FN3O5/c1-21-15(11-7-26-8-12(11)22)20-13(14(23)17(21)25)16(24)19-6-9-2-4-10(18)5-3-9/h2-5,11-12,22-23H,6-8H2,1H3,(H,19,24). The van der Waals surface area contributed by atoms with Crippen LogP contribution in [0, 0.1) is 5.82 Å². The van der Waals surface area contributed by atoms with E-state index in [-0.39, 0.29) is 25.6 Å². The van der Waals surface area contributed by atoms with Crippen molar-refractivity contribution < 1.29 is 24.1 Å². The Morgan fingerprint density at radius 1 is 1.38 bits per heavy atom. The van der Waals surface area contributed by atoms with Crippen molar-refractivity contribution in [1.82, 2.24) is 14.9 Å². The first-order valence-corrected chi connectivity index (χ1v) is 7.97. The van der Waals surface area contributed by atoms with Crippen LogP contribution in [0.1, 0.15) is 27.8 Å². The molecule has 1 saturated heterocycles. The maximum Gasteiger partial charge on any atom is 0.296 e. The molecule has 9 heteroatoms. The number of hydrogen-bond donors (Lipinski definition) is 3. The number of hydrogen-bond acceptors (Lipinski definition) is 6. The van der Waals surface area contributed by atoms with Gasteiger partial charge in [0.1, 0.15) is 11.6 Å². The topological polar surface area (TPSA) is 114 Å². The second-order valence-electron chi connectivity index (χ2n) is 6.05. The molecule has 3 rings (SSSR count). The van der Waals surface area contributed by atoms with Crippen molar-refractivity contribution in [2.75, 3.05) is 13.2 Å². The van der Waals surface area contributed by atoms with E-state index < -0.39 is 40.7 Å². The maximum atomic E-state index is 12.9. The predicted octanol–water partition coefficient (Wildman–Crippen LogP) is 0.0297. The number of aliphatic hydroxyl groups is 1. The highest BCUT2D eigenvalue weighted by atomic mass is 19.1. The van der Waals surface area contributed by atoms with Gasteiger partial charge >= 0.3 is 0 Å². The third-order valence-electron chi connectivity index (χ3n) is 4.27. The lowest BCUT2D eigenvalue weighted by molar-refractivity contribution is 0.0940. The first kappa shape index (κ1) is 18.0. The van der Waals surface area contributed by atoms with Gasteiger partial charge in [-0.2, -0.15) is 0 Å². The van der Waals surface area contributed by atoms with Gasteiger partial charge in [0.2, 0.25) is 5.75 Å². The Bertz CT molecular complexity index is 881. The highest BCUT2D eigenvalue weighted by Gasteiger charge is 2.33. The van der Waals surface area contributed by atoms with Gasteiger partial charge < -0.3 is 20.3 Å². The van der Waals surface area contributed by atoms with E-state index in [4.69, 9.17) is 4.74 Å². The van der Waals surface area contributed by atoms with Crippen molar-refractivity contribution in [2.24, 2.45) is 7.05 Å². The SMILES string of the molecule is Cn1c(C2COCC2O)nc(C(=O)NCc2ccc(F)cc2)c(O)c1=O. The van der Waals surface area contributed by atoms with Crippen molar-refractivity contribution in [3.63, 3.8) is 0 Å². The summed E-state index contributed by atoms with van der Waals surface area (Å²) in [7, 11) is 1.40. The van der Waals surface area contributed by atoms with E-state index in [1.165, 1.54) is 31.3 Å². The Morgan fingerprint density at radius 3 is 2.69 bits per heavy atom. The quantitative estimate of drug-likeness (QED) is 0.706. The van der Waals surface area contributed by atoms with Gasteiger partial charge in [0, 0.05) is 13.6 Å². The normalized spacial score (nSPS) is 19.5. The summed E-state index contributed by atoms with van der Waals surface area (Å²) in [6.07, 6.45) is -0.854. The highest BCUT2D eigenvalue weighted by molar-refractivity contribution is 5.94. The number of amides is 1. The zero-order valence-corrected chi connectivity index (χ0v) is 14.0. The molecule has 1 aliphatic heterocycles. The summed E-state index contributed by atoms with van der Waals surface area (Å²) in [6.45, 7) is 0.330. The number of benzene rings is 1. The smallest absolute Gasteiger partial charge is 0.296 e. The predicted molar refractivity (Wildman–Crippen MR) is 88.3 cm³/mol. The Balaban J connectivity index is 1.86. The number of carbonyl (C=O) groups excluding carboxylic acids is 1. The Hall–Kier alpha value is -2.78. The summed E-state index contributed by atoms with van der Waals surface area (Å²) >= 11 is 0. The largest absolute Gasteiger partial charge is 0.501 e. The van der Waals surface area contributed by atoms with Gasteiger partial charge in [0.05, 0.1) is 25.2 Å². The van der Waals surface area contributed by atoms with Crippen LogP contribution in [0.25, 0.3) is 0 Å². The molecule has 0 saturated carbocycles. The minimum Gasteiger partial charge on any atom is -0.501 e. The number of rotatable bonds is 4. The summed E-state index contributed by atoms with van der Waals surface area (Å²) in [4.78, 5) is 28.7. The average Bonchev–Trinajstić information content (AvgIpc) is 3.05. The molecule has 1 fully saturated rings. The number of aliphatic hydroxyl groups excluding tert-OH is 1. The van der Waals surface area contributed by atoms with Gasteiger partial charge in [0.15, 0.2) is 5.69 Å². The molecule has 0 spiro atoms. The first-order valence-electron chi connectivity index (χ1n) is 7.97. The van der Waals surface area contributed by atoms with Crippen LogP contribution in [0.15, 0.2) is 29.1 Å². The van der Waals surface area contributed by atoms with Crippen molar-refractivity contribution in [3.8, 4) is 5.75 Å². The molecule has 1 aromatic carbocycles. The molecular weight excluding hydrogens is 345 g/mol. The summed E-state index contributed by atoms with van der Waals surface area (Å²) in [5.74, 6) is -2.34. The summed E-state index contributed by atoms with van der Waals surface area (Å²) in [5.41, 5.74) is -0.576. The minimum absolute atomic E-state index is 0.0694. The van der Waals surface area contributed by atoms with E-state index in [1.54, 1.807) is 0 Å². The number of aromatic nitrogens is 2. The number of nitrogens with one attached hydrogen (secondary N) is 1. The van der Waals surface area contributed by atoms with Crippen LogP contribution in [-0.4, -0.2) is 45.0 Å². The van der Waals surface area contributed by atoms with Gasteiger partial charge in [-0.3, -0.25) is 14.2 Å². The van der Waals surface area contributed by atoms with Crippen molar-refractivity contribution >= 4 is 5.91 Å². The van der Waals surface area contributed by atoms with Gasteiger partial charge in [-0.15, -0.1) is 0 Å². The van der Waals surface area contributed by atoms with Crippen molar-refractivity contribution in [2.45, 2.75) is 18.6 Å². The molecule has 0 bridgehead atoms. The number of carbonyl (C=O) groups is 1. The van der Waals surface area contributed by atoms with Crippen molar-refractivity contribution in [3.05, 3.63) is 57.5 Å². The molecule has 2 atom stereocenters. The Kier molecular flexibility index (Phi) is 5.01. The molecule has 8 nitrogen and oxygen atoms in total. The molecule has 0 radical (unpaired) electrons. The number of aromatic hydroxyl groups is 1. The molecule has 0 aliphatic carbocycles.